The van der Waals surface area contributed by atoms with Crippen LogP contribution in [0.15, 0.2) is 18.2 Å². The molecule has 1 heterocycles. The van der Waals surface area contributed by atoms with Crippen LogP contribution in [-0.2, 0) is 0 Å². The molecule has 3 nitrogen and oxygen atoms in total. The average molecular weight is 234 g/mol. The van der Waals surface area contributed by atoms with E-state index in [0.29, 0.717) is 16.4 Å². The van der Waals surface area contributed by atoms with Crippen molar-refractivity contribution in [1.29, 1.82) is 10.7 Å². The number of halogens is 1. The normalized spacial score (nSPS) is 16.0. The van der Waals surface area contributed by atoms with Gasteiger partial charge in [0.15, 0.2) is 0 Å². The van der Waals surface area contributed by atoms with E-state index in [2.05, 4.69) is 6.07 Å². The molecule has 0 radical (unpaired) electrons. The van der Waals surface area contributed by atoms with Gasteiger partial charge in [0.25, 0.3) is 0 Å². The third kappa shape index (κ3) is 2.02. The highest BCUT2D eigenvalue weighted by atomic mass is 35.5. The molecule has 0 bridgehead atoms. The molecule has 1 aliphatic heterocycles. The van der Waals surface area contributed by atoms with Gasteiger partial charge in [-0.25, -0.2) is 0 Å². The predicted octanol–water partition coefficient (Wildman–Crippen LogP) is 3.18. The highest BCUT2D eigenvalue weighted by molar-refractivity contribution is 6.33. The zero-order valence-electron chi connectivity index (χ0n) is 8.83. The topological polar surface area (TPSA) is 50.9 Å². The summed E-state index contributed by atoms with van der Waals surface area (Å²) >= 11 is 6.10. The van der Waals surface area contributed by atoms with Gasteiger partial charge in [0.1, 0.15) is 5.84 Å². The molecular weight excluding hydrogens is 222 g/mol. The number of rotatable bonds is 1. The molecule has 1 aromatic rings. The number of nitrogens with one attached hydrogen (secondary N) is 1. The Morgan fingerprint density at radius 2 is 2.19 bits per heavy atom. The second kappa shape index (κ2) is 4.54. The molecule has 1 aromatic carbocycles. The van der Waals surface area contributed by atoms with Gasteiger partial charge in [0.2, 0.25) is 0 Å². The minimum Gasteiger partial charge on any atom is -0.329 e. The highest BCUT2D eigenvalue weighted by Gasteiger charge is 2.18. The standard InChI is InChI=1S/C12H12ClN3/c13-10-5-4-9(8-14)7-11(10)16-6-2-1-3-12(16)15/h4-5,7,15H,1-3,6H2. The summed E-state index contributed by atoms with van der Waals surface area (Å²) in [6.07, 6.45) is 2.91. The Labute approximate surface area is 99.8 Å². The van der Waals surface area contributed by atoms with Crippen LogP contribution in [0.4, 0.5) is 5.69 Å². The van der Waals surface area contributed by atoms with E-state index in [9.17, 15) is 0 Å². The molecule has 16 heavy (non-hydrogen) atoms. The summed E-state index contributed by atoms with van der Waals surface area (Å²) in [6, 6.07) is 7.26. The van der Waals surface area contributed by atoms with Crippen LogP contribution >= 0.6 is 11.6 Å². The van der Waals surface area contributed by atoms with Gasteiger partial charge in [0.05, 0.1) is 22.3 Å². The van der Waals surface area contributed by atoms with E-state index in [1.54, 1.807) is 18.2 Å². The van der Waals surface area contributed by atoms with Gasteiger partial charge in [0, 0.05) is 13.0 Å². The van der Waals surface area contributed by atoms with Gasteiger partial charge in [-0.3, -0.25) is 5.41 Å². The molecule has 1 aliphatic rings. The lowest BCUT2D eigenvalue weighted by molar-refractivity contribution is 0.707. The van der Waals surface area contributed by atoms with Gasteiger partial charge >= 0.3 is 0 Å². The molecule has 1 N–H and O–H groups in total. The van der Waals surface area contributed by atoms with Crippen LogP contribution in [0.3, 0.4) is 0 Å². The third-order valence-corrected chi connectivity index (χ3v) is 3.06. The van der Waals surface area contributed by atoms with Crippen molar-refractivity contribution >= 4 is 23.1 Å². The van der Waals surface area contributed by atoms with E-state index in [1.165, 1.54) is 0 Å². The van der Waals surface area contributed by atoms with Gasteiger partial charge in [-0.15, -0.1) is 0 Å². The molecule has 82 valence electrons. The lowest BCUT2D eigenvalue weighted by Crippen LogP contribution is -2.34. The second-order valence-electron chi connectivity index (χ2n) is 3.83. The summed E-state index contributed by atoms with van der Waals surface area (Å²) < 4.78 is 0. The smallest absolute Gasteiger partial charge is 0.100 e. The SMILES string of the molecule is N#Cc1ccc(Cl)c(N2CCCCC2=N)c1. The summed E-state index contributed by atoms with van der Waals surface area (Å²) in [7, 11) is 0. The quantitative estimate of drug-likeness (QED) is 0.810. The number of piperidine rings is 1. The fourth-order valence-corrected chi connectivity index (χ4v) is 2.11. The van der Waals surface area contributed by atoms with Crippen molar-refractivity contribution in [3.63, 3.8) is 0 Å². The van der Waals surface area contributed by atoms with Gasteiger partial charge in [-0.2, -0.15) is 5.26 Å². The van der Waals surface area contributed by atoms with Crippen molar-refractivity contribution in [1.82, 2.24) is 0 Å². The summed E-state index contributed by atoms with van der Waals surface area (Å²) in [4.78, 5) is 1.90. The molecule has 0 atom stereocenters. The number of benzene rings is 1. The number of nitrogens with zero attached hydrogens (tertiary/aromatic N) is 2. The van der Waals surface area contributed by atoms with Crippen LogP contribution in [0, 0.1) is 16.7 Å². The molecule has 0 aliphatic carbocycles. The van der Waals surface area contributed by atoms with Crippen molar-refractivity contribution in [3.05, 3.63) is 28.8 Å². The highest BCUT2D eigenvalue weighted by Crippen LogP contribution is 2.29. The maximum atomic E-state index is 8.85. The summed E-state index contributed by atoms with van der Waals surface area (Å²) in [5, 5.41) is 17.3. The van der Waals surface area contributed by atoms with E-state index >= 15 is 0 Å². The van der Waals surface area contributed by atoms with Gasteiger partial charge in [-0.05, 0) is 31.0 Å². The molecule has 2 rings (SSSR count). The monoisotopic (exact) mass is 233 g/mol. The van der Waals surface area contributed by atoms with Crippen LogP contribution in [0.25, 0.3) is 0 Å². The van der Waals surface area contributed by atoms with Crippen LogP contribution < -0.4 is 4.90 Å². The van der Waals surface area contributed by atoms with E-state index in [4.69, 9.17) is 22.3 Å². The minimum absolute atomic E-state index is 0.581. The zero-order valence-corrected chi connectivity index (χ0v) is 9.59. The number of nitriles is 1. The molecule has 0 aromatic heterocycles. The Morgan fingerprint density at radius 3 is 2.88 bits per heavy atom. The average Bonchev–Trinajstić information content (AvgIpc) is 2.31. The Morgan fingerprint density at radius 1 is 1.38 bits per heavy atom. The van der Waals surface area contributed by atoms with Crippen LogP contribution in [0.2, 0.25) is 5.02 Å². The van der Waals surface area contributed by atoms with Crippen LogP contribution in [0.1, 0.15) is 24.8 Å². The minimum atomic E-state index is 0.581. The lowest BCUT2D eigenvalue weighted by Gasteiger charge is -2.30. The maximum absolute atomic E-state index is 8.85. The third-order valence-electron chi connectivity index (χ3n) is 2.74. The summed E-state index contributed by atoms with van der Waals surface area (Å²) in [5.41, 5.74) is 1.36. The van der Waals surface area contributed by atoms with E-state index in [0.717, 1.165) is 31.5 Å². The Balaban J connectivity index is 2.38. The fourth-order valence-electron chi connectivity index (χ4n) is 1.89. The summed E-state index contributed by atoms with van der Waals surface area (Å²) in [5.74, 6) is 0.586. The number of anilines is 1. The predicted molar refractivity (Wildman–Crippen MR) is 65.1 cm³/mol. The molecule has 0 unspecified atom stereocenters. The van der Waals surface area contributed by atoms with E-state index < -0.39 is 0 Å². The Bertz CT molecular complexity index is 462. The molecular formula is C12H12ClN3. The van der Waals surface area contributed by atoms with Crippen molar-refractivity contribution in [2.45, 2.75) is 19.3 Å². The molecule has 0 amide bonds. The first-order valence-corrected chi connectivity index (χ1v) is 5.65. The first kappa shape index (κ1) is 11.0. The lowest BCUT2D eigenvalue weighted by atomic mass is 10.1. The van der Waals surface area contributed by atoms with Gasteiger partial charge in [-0.1, -0.05) is 11.6 Å². The zero-order chi connectivity index (χ0) is 11.5. The molecule has 0 spiro atoms. The maximum Gasteiger partial charge on any atom is 0.100 e. The molecule has 1 saturated heterocycles. The molecule has 0 saturated carbocycles. The first-order chi connectivity index (χ1) is 7.72. The largest absolute Gasteiger partial charge is 0.329 e. The molecule has 1 fully saturated rings. The Kier molecular flexibility index (Phi) is 3.12. The molecule has 4 heteroatoms. The number of amidine groups is 1. The second-order valence-corrected chi connectivity index (χ2v) is 4.24. The van der Waals surface area contributed by atoms with Crippen molar-refractivity contribution in [2.75, 3.05) is 11.4 Å². The van der Waals surface area contributed by atoms with E-state index in [1.807, 2.05) is 4.90 Å². The van der Waals surface area contributed by atoms with Crippen LogP contribution in [-0.4, -0.2) is 12.4 Å². The summed E-state index contributed by atoms with van der Waals surface area (Å²) in [6.45, 7) is 0.813. The van der Waals surface area contributed by atoms with Crippen molar-refractivity contribution in [3.8, 4) is 6.07 Å². The van der Waals surface area contributed by atoms with Gasteiger partial charge < -0.3 is 4.90 Å². The van der Waals surface area contributed by atoms with Crippen LogP contribution in [0.5, 0.6) is 0 Å². The fraction of sp³-hybridized carbons (Fsp3) is 0.333. The Hall–Kier alpha value is -1.53. The van der Waals surface area contributed by atoms with E-state index in [-0.39, 0.29) is 0 Å². The first-order valence-electron chi connectivity index (χ1n) is 5.27. The number of hydrogen-bond donors (Lipinski definition) is 1. The number of hydrogen-bond acceptors (Lipinski definition) is 2. The van der Waals surface area contributed by atoms with Crippen molar-refractivity contribution < 1.29 is 0 Å². The van der Waals surface area contributed by atoms with Crippen molar-refractivity contribution in [2.24, 2.45) is 0 Å².